The minimum atomic E-state index is -0.791. The van der Waals surface area contributed by atoms with Gasteiger partial charge in [-0.1, -0.05) is 79.6 Å². The monoisotopic (exact) mass is 440 g/mol. The third-order valence-electron chi connectivity index (χ3n) is 7.09. The summed E-state index contributed by atoms with van der Waals surface area (Å²) in [5.41, 5.74) is 2.32. The van der Waals surface area contributed by atoms with E-state index in [-0.39, 0.29) is 18.4 Å². The van der Waals surface area contributed by atoms with E-state index in [1.807, 2.05) is 89.8 Å². The number of carbonyl (C=O) groups excluding carboxylic acids is 2. The fourth-order valence-corrected chi connectivity index (χ4v) is 5.61. The van der Waals surface area contributed by atoms with E-state index < -0.39 is 17.6 Å². The molecule has 2 amide bonds. The number of fused-ring (bicyclic) bond motifs is 1. The Kier molecular flexibility index (Phi) is 5.73. The summed E-state index contributed by atoms with van der Waals surface area (Å²) in [6.45, 7) is 0.122. The fraction of sp³-hybridized carbons (Fsp3) is 0.286. The molecular formula is C28H28N2O3. The normalized spacial score (nSPS) is 19.8. The van der Waals surface area contributed by atoms with Gasteiger partial charge in [0.1, 0.15) is 0 Å². The van der Waals surface area contributed by atoms with Gasteiger partial charge in [0.25, 0.3) is 5.91 Å². The van der Waals surface area contributed by atoms with Crippen LogP contribution in [0.15, 0.2) is 84.9 Å². The van der Waals surface area contributed by atoms with E-state index in [4.69, 9.17) is 0 Å². The molecule has 168 valence electrons. The first-order valence-electron chi connectivity index (χ1n) is 11.6. The lowest BCUT2D eigenvalue weighted by Gasteiger charge is -2.50. The Morgan fingerprint density at radius 2 is 1.55 bits per heavy atom. The first-order chi connectivity index (χ1) is 16.1. The molecule has 3 aromatic carbocycles. The summed E-state index contributed by atoms with van der Waals surface area (Å²) in [6.07, 6.45) is 2.67. The molecule has 1 aliphatic heterocycles. The average Bonchev–Trinajstić information content (AvgIpc) is 3.33. The lowest BCUT2D eigenvalue weighted by Crippen LogP contribution is -2.61. The van der Waals surface area contributed by atoms with Gasteiger partial charge in [-0.2, -0.15) is 0 Å². The Morgan fingerprint density at radius 3 is 2.24 bits per heavy atom. The number of anilines is 1. The third-order valence-corrected chi connectivity index (χ3v) is 7.09. The molecule has 1 fully saturated rings. The summed E-state index contributed by atoms with van der Waals surface area (Å²) in [6, 6.07) is 26.5. The maximum atomic E-state index is 13.8. The second kappa shape index (κ2) is 8.83. The quantitative estimate of drug-likeness (QED) is 0.610. The summed E-state index contributed by atoms with van der Waals surface area (Å²) in [5, 5.41) is 13.6. The summed E-state index contributed by atoms with van der Waals surface area (Å²) in [4.78, 5) is 29.4. The van der Waals surface area contributed by atoms with Gasteiger partial charge in [0, 0.05) is 17.8 Å². The first kappa shape index (κ1) is 21.4. The number of carbonyl (C=O) groups is 2. The molecule has 0 saturated heterocycles. The van der Waals surface area contributed by atoms with E-state index in [1.165, 1.54) is 0 Å². The zero-order valence-corrected chi connectivity index (χ0v) is 18.5. The predicted octanol–water partition coefficient (Wildman–Crippen LogP) is 4.59. The van der Waals surface area contributed by atoms with E-state index in [9.17, 15) is 14.7 Å². The molecule has 2 aliphatic rings. The van der Waals surface area contributed by atoms with E-state index >= 15 is 0 Å². The van der Waals surface area contributed by atoms with Crippen LogP contribution in [0.25, 0.3) is 0 Å². The lowest BCUT2D eigenvalue weighted by atomic mass is 9.70. The molecule has 1 saturated carbocycles. The van der Waals surface area contributed by atoms with Gasteiger partial charge in [0.2, 0.25) is 5.91 Å². The van der Waals surface area contributed by atoms with E-state index in [0.29, 0.717) is 5.56 Å². The molecule has 2 N–H and O–H groups in total. The van der Waals surface area contributed by atoms with Crippen LogP contribution in [0.5, 0.6) is 0 Å². The van der Waals surface area contributed by atoms with Crippen LogP contribution in [0.2, 0.25) is 0 Å². The predicted molar refractivity (Wildman–Crippen MR) is 128 cm³/mol. The van der Waals surface area contributed by atoms with Crippen LogP contribution in [0.4, 0.5) is 5.69 Å². The van der Waals surface area contributed by atoms with E-state index in [2.05, 4.69) is 5.32 Å². The highest BCUT2D eigenvalue weighted by Crippen LogP contribution is 2.51. The summed E-state index contributed by atoms with van der Waals surface area (Å²) in [5.74, 6) is -0.697. The van der Waals surface area contributed by atoms with Crippen molar-refractivity contribution in [2.45, 2.75) is 43.2 Å². The minimum absolute atomic E-state index is 0.0490. The lowest BCUT2D eigenvalue weighted by molar-refractivity contribution is -0.124. The van der Waals surface area contributed by atoms with Gasteiger partial charge in [-0.25, -0.2) is 0 Å². The zero-order chi connectivity index (χ0) is 22.8. The number of aliphatic hydroxyl groups excluding tert-OH is 1. The van der Waals surface area contributed by atoms with Crippen molar-refractivity contribution >= 4 is 17.5 Å². The maximum absolute atomic E-state index is 13.8. The van der Waals surface area contributed by atoms with Crippen molar-refractivity contribution in [3.63, 3.8) is 0 Å². The highest BCUT2D eigenvalue weighted by molar-refractivity contribution is 6.12. The van der Waals surface area contributed by atoms with Crippen molar-refractivity contribution in [3.8, 4) is 0 Å². The van der Waals surface area contributed by atoms with Gasteiger partial charge < -0.3 is 15.3 Å². The van der Waals surface area contributed by atoms with Crippen LogP contribution in [0.3, 0.4) is 0 Å². The van der Waals surface area contributed by atoms with Crippen molar-refractivity contribution < 1.29 is 14.7 Å². The summed E-state index contributed by atoms with van der Waals surface area (Å²) >= 11 is 0. The number of amides is 2. The molecule has 33 heavy (non-hydrogen) atoms. The number of aliphatic hydroxyl groups is 1. The molecule has 0 aromatic heterocycles. The molecule has 1 heterocycles. The Labute approximate surface area is 194 Å². The number of nitrogens with zero attached hydrogens (tertiary/aromatic N) is 1. The largest absolute Gasteiger partial charge is 0.387 e. The number of hydrogen-bond donors (Lipinski definition) is 2. The SMILES string of the molecule is O=C(NC[C@@H](O)c1ccccc1)[C@@H]1c2ccccc2C(=O)N(c2ccccc2)C12CCCC2. The van der Waals surface area contributed by atoms with Gasteiger partial charge >= 0.3 is 0 Å². The number of hydrogen-bond acceptors (Lipinski definition) is 3. The van der Waals surface area contributed by atoms with Gasteiger partial charge in [-0.15, -0.1) is 0 Å². The second-order valence-corrected chi connectivity index (χ2v) is 8.98. The van der Waals surface area contributed by atoms with Crippen LogP contribution >= 0.6 is 0 Å². The van der Waals surface area contributed by atoms with Gasteiger partial charge in [0.15, 0.2) is 0 Å². The van der Waals surface area contributed by atoms with Crippen LogP contribution in [0, 0.1) is 0 Å². The minimum Gasteiger partial charge on any atom is -0.387 e. The van der Waals surface area contributed by atoms with Crippen LogP contribution < -0.4 is 10.2 Å². The third kappa shape index (κ3) is 3.72. The van der Waals surface area contributed by atoms with Crippen LogP contribution in [-0.4, -0.2) is 29.0 Å². The number of rotatable bonds is 5. The molecule has 5 rings (SSSR count). The Balaban J connectivity index is 1.53. The second-order valence-electron chi connectivity index (χ2n) is 8.98. The van der Waals surface area contributed by atoms with Crippen molar-refractivity contribution in [1.82, 2.24) is 5.32 Å². The maximum Gasteiger partial charge on any atom is 0.259 e. The molecule has 0 bridgehead atoms. The summed E-state index contributed by atoms with van der Waals surface area (Å²) < 4.78 is 0. The van der Waals surface area contributed by atoms with Gasteiger partial charge in [0.05, 0.1) is 17.6 Å². The van der Waals surface area contributed by atoms with Crippen LogP contribution in [0.1, 0.15) is 59.2 Å². The Bertz CT molecular complexity index is 1140. The molecule has 1 aliphatic carbocycles. The molecule has 5 nitrogen and oxygen atoms in total. The standard InChI is InChI=1S/C28H28N2O3/c31-24(20-11-3-1-4-12-20)19-29-26(32)25-22-15-7-8-16-23(22)27(33)30(21-13-5-2-6-14-21)28(25)17-9-10-18-28/h1-8,11-16,24-25,31H,9-10,17-19H2,(H,29,32)/t24-,25+/m1/s1. The molecule has 5 heteroatoms. The highest BCUT2D eigenvalue weighted by atomic mass is 16.3. The molecule has 1 spiro atoms. The van der Waals surface area contributed by atoms with Crippen molar-refractivity contribution in [2.24, 2.45) is 0 Å². The summed E-state index contributed by atoms with van der Waals surface area (Å²) in [7, 11) is 0. The molecular weight excluding hydrogens is 412 g/mol. The van der Waals surface area contributed by atoms with E-state index in [1.54, 1.807) is 0 Å². The molecule has 0 unspecified atom stereocenters. The van der Waals surface area contributed by atoms with Gasteiger partial charge in [-0.05, 0) is 42.2 Å². The number of benzene rings is 3. The molecule has 3 aromatic rings. The Morgan fingerprint density at radius 1 is 0.939 bits per heavy atom. The van der Waals surface area contributed by atoms with Crippen molar-refractivity contribution in [3.05, 3.63) is 102 Å². The molecule has 2 atom stereocenters. The van der Waals surface area contributed by atoms with Crippen LogP contribution in [-0.2, 0) is 4.79 Å². The fourth-order valence-electron chi connectivity index (χ4n) is 5.61. The average molecular weight is 441 g/mol. The van der Waals surface area contributed by atoms with Gasteiger partial charge in [-0.3, -0.25) is 9.59 Å². The number of nitrogens with one attached hydrogen (secondary N) is 1. The topological polar surface area (TPSA) is 69.6 Å². The Hall–Kier alpha value is -3.44. The molecule has 0 radical (unpaired) electrons. The van der Waals surface area contributed by atoms with Crippen molar-refractivity contribution in [1.29, 1.82) is 0 Å². The highest BCUT2D eigenvalue weighted by Gasteiger charge is 2.56. The first-order valence-corrected chi connectivity index (χ1v) is 11.6. The number of para-hydroxylation sites is 1. The van der Waals surface area contributed by atoms with Crippen molar-refractivity contribution in [2.75, 3.05) is 11.4 Å². The zero-order valence-electron chi connectivity index (χ0n) is 18.5. The smallest absolute Gasteiger partial charge is 0.259 e. The van der Waals surface area contributed by atoms with E-state index in [0.717, 1.165) is 42.5 Å².